The van der Waals surface area contributed by atoms with Gasteiger partial charge in [0.05, 0.1) is 0 Å². The van der Waals surface area contributed by atoms with Crippen LogP contribution < -0.4 is 10.6 Å². The van der Waals surface area contributed by atoms with E-state index in [1.807, 2.05) is 34.5 Å². The van der Waals surface area contributed by atoms with Gasteiger partial charge in [-0.2, -0.15) is 0 Å². The van der Waals surface area contributed by atoms with Crippen LogP contribution in [0.25, 0.3) is 0 Å². The summed E-state index contributed by atoms with van der Waals surface area (Å²) in [7, 11) is 2.08. The Hall–Kier alpha value is -1.79. The fourth-order valence-electron chi connectivity index (χ4n) is 1.68. The van der Waals surface area contributed by atoms with Crippen LogP contribution >= 0.6 is 0 Å². The van der Waals surface area contributed by atoms with Crippen LogP contribution in [0.3, 0.4) is 0 Å². The summed E-state index contributed by atoms with van der Waals surface area (Å²) < 4.78 is 0. The molecule has 0 saturated heterocycles. The first-order valence-electron chi connectivity index (χ1n) is 9.01. The first-order valence-corrected chi connectivity index (χ1v) is 9.01. The van der Waals surface area contributed by atoms with E-state index in [1.54, 1.807) is 0 Å². The Morgan fingerprint density at radius 1 is 1.08 bits per heavy atom. The molecule has 138 valence electrons. The molecular weight excluding hydrogens is 296 g/mol. The highest BCUT2D eigenvalue weighted by Crippen LogP contribution is 2.13. The molecule has 2 N–H and O–H groups in total. The van der Waals surface area contributed by atoms with Gasteiger partial charge in [-0.3, -0.25) is 0 Å². The molecule has 3 heteroatoms. The van der Waals surface area contributed by atoms with Crippen LogP contribution in [0.4, 0.5) is 5.69 Å². The number of hydrogen-bond donors (Lipinski definition) is 1. The van der Waals surface area contributed by atoms with Gasteiger partial charge in [0.25, 0.3) is 0 Å². The Labute approximate surface area is 150 Å². The molecule has 0 aliphatic carbocycles. The zero-order valence-electron chi connectivity index (χ0n) is 16.9. The fourth-order valence-corrected chi connectivity index (χ4v) is 1.68. The number of anilines is 1. The molecule has 0 aliphatic rings. The first kappa shape index (κ1) is 27.1. The van der Waals surface area contributed by atoms with E-state index in [0.717, 1.165) is 31.4 Å². The standard InChI is InChI=1S/C16H24N2.2C2H6.CH2O/c1-4-6-7-8-14-9-11-16(12-10-14)18(3)13-15(17)5-2;3*1-2/h9-12,15H,4-6,13,17H2,1-3H3;2*1-2H3;1H2/t15-;;;/m0.../s1. The largest absolute Gasteiger partial charge is 0.373 e. The summed E-state index contributed by atoms with van der Waals surface area (Å²) in [6, 6.07) is 8.60. The van der Waals surface area contributed by atoms with Crippen LogP contribution in [0.15, 0.2) is 24.3 Å². The number of nitrogens with two attached hydrogens (primary N) is 1. The Balaban J connectivity index is -0.000000659. The molecular formula is C21H38N2O. The Morgan fingerprint density at radius 3 is 2.00 bits per heavy atom. The average molecular weight is 335 g/mol. The van der Waals surface area contributed by atoms with Crippen LogP contribution in [0.1, 0.15) is 66.4 Å². The molecule has 0 saturated carbocycles. The van der Waals surface area contributed by atoms with Gasteiger partial charge in [-0.15, -0.1) is 0 Å². The van der Waals surface area contributed by atoms with E-state index in [2.05, 4.69) is 61.9 Å². The van der Waals surface area contributed by atoms with Crippen LogP contribution in [-0.2, 0) is 4.79 Å². The molecule has 1 aromatic rings. The molecule has 0 amide bonds. The van der Waals surface area contributed by atoms with Gasteiger partial charge in [0, 0.05) is 37.3 Å². The molecule has 24 heavy (non-hydrogen) atoms. The van der Waals surface area contributed by atoms with Crippen LogP contribution in [0.2, 0.25) is 0 Å². The van der Waals surface area contributed by atoms with E-state index in [-0.39, 0.29) is 6.04 Å². The second-order valence-corrected chi connectivity index (χ2v) is 4.65. The molecule has 1 rings (SSSR count). The summed E-state index contributed by atoms with van der Waals surface area (Å²) in [6.45, 7) is 15.1. The quantitative estimate of drug-likeness (QED) is 0.781. The van der Waals surface area contributed by atoms with E-state index >= 15 is 0 Å². The van der Waals surface area contributed by atoms with Crippen molar-refractivity contribution in [3.63, 3.8) is 0 Å². The number of unbranched alkanes of at least 4 members (excludes halogenated alkanes) is 1. The highest BCUT2D eigenvalue weighted by Gasteiger charge is 2.05. The lowest BCUT2D eigenvalue weighted by Gasteiger charge is -2.22. The van der Waals surface area contributed by atoms with Gasteiger partial charge in [0.15, 0.2) is 0 Å². The van der Waals surface area contributed by atoms with Gasteiger partial charge in [0.2, 0.25) is 0 Å². The maximum absolute atomic E-state index is 8.00. The third-order valence-electron chi connectivity index (χ3n) is 2.95. The number of benzene rings is 1. The molecule has 0 radical (unpaired) electrons. The highest BCUT2D eigenvalue weighted by atomic mass is 16.1. The van der Waals surface area contributed by atoms with Crippen LogP contribution in [0, 0.1) is 11.8 Å². The lowest BCUT2D eigenvalue weighted by atomic mass is 10.1. The Bertz CT molecular complexity index is 418. The lowest BCUT2D eigenvalue weighted by Crippen LogP contribution is -2.34. The van der Waals surface area contributed by atoms with Crippen molar-refractivity contribution in [1.29, 1.82) is 0 Å². The smallest absolute Gasteiger partial charge is 0.106 e. The second-order valence-electron chi connectivity index (χ2n) is 4.65. The van der Waals surface area contributed by atoms with Crippen molar-refractivity contribution in [3.05, 3.63) is 29.8 Å². The van der Waals surface area contributed by atoms with Gasteiger partial charge >= 0.3 is 0 Å². The number of nitrogens with zero attached hydrogens (tertiary/aromatic N) is 1. The van der Waals surface area contributed by atoms with Crippen LogP contribution in [-0.4, -0.2) is 26.4 Å². The van der Waals surface area contributed by atoms with Gasteiger partial charge in [0.1, 0.15) is 6.79 Å². The van der Waals surface area contributed by atoms with E-state index in [9.17, 15) is 0 Å². The summed E-state index contributed by atoms with van der Waals surface area (Å²) in [5, 5.41) is 0. The van der Waals surface area contributed by atoms with E-state index in [4.69, 9.17) is 10.5 Å². The van der Waals surface area contributed by atoms with Crippen molar-refractivity contribution in [2.75, 3.05) is 18.5 Å². The molecule has 0 heterocycles. The number of rotatable bonds is 5. The van der Waals surface area contributed by atoms with E-state index in [0.29, 0.717) is 0 Å². The predicted octanol–water partition coefficient (Wildman–Crippen LogP) is 4.88. The number of likely N-dealkylation sites (N-methyl/N-ethyl adjacent to an activating group) is 1. The minimum atomic E-state index is 0.235. The summed E-state index contributed by atoms with van der Waals surface area (Å²) in [5.41, 5.74) is 8.24. The van der Waals surface area contributed by atoms with Gasteiger partial charge in [-0.05, 0) is 37.1 Å². The molecule has 0 spiro atoms. The molecule has 1 aromatic carbocycles. The SMILES string of the molecule is C=O.CC.CC.CCCC#Cc1ccc(N(C)C[C@@H](N)CC)cc1. The molecule has 0 aliphatic heterocycles. The normalized spacial score (nSPS) is 9.33. The van der Waals surface area contributed by atoms with Crippen molar-refractivity contribution in [3.8, 4) is 11.8 Å². The second kappa shape index (κ2) is 21.2. The predicted molar refractivity (Wildman–Crippen MR) is 110 cm³/mol. The lowest BCUT2D eigenvalue weighted by molar-refractivity contribution is -0.0979. The summed E-state index contributed by atoms with van der Waals surface area (Å²) >= 11 is 0. The molecule has 3 nitrogen and oxygen atoms in total. The number of hydrogen-bond acceptors (Lipinski definition) is 3. The average Bonchev–Trinajstić information content (AvgIpc) is 2.67. The van der Waals surface area contributed by atoms with Gasteiger partial charge in [-0.25, -0.2) is 0 Å². The summed E-state index contributed by atoms with van der Waals surface area (Å²) in [6.07, 6.45) is 3.08. The van der Waals surface area contributed by atoms with Crippen LogP contribution in [0.5, 0.6) is 0 Å². The molecule has 0 unspecified atom stereocenters. The highest BCUT2D eigenvalue weighted by molar-refractivity contribution is 5.50. The summed E-state index contributed by atoms with van der Waals surface area (Å²) in [4.78, 5) is 10.2. The fraction of sp³-hybridized carbons (Fsp3) is 0.571. The monoisotopic (exact) mass is 334 g/mol. The Morgan fingerprint density at radius 2 is 1.58 bits per heavy atom. The number of carbonyl (C=O) groups is 1. The molecule has 0 bridgehead atoms. The zero-order chi connectivity index (χ0) is 19.4. The van der Waals surface area contributed by atoms with Crippen molar-refractivity contribution in [1.82, 2.24) is 0 Å². The topological polar surface area (TPSA) is 46.3 Å². The third kappa shape index (κ3) is 13.8. The first-order chi connectivity index (χ1) is 11.7. The van der Waals surface area contributed by atoms with Gasteiger partial charge in [-0.1, -0.05) is 53.4 Å². The van der Waals surface area contributed by atoms with Crippen molar-refractivity contribution >= 4 is 12.5 Å². The minimum absolute atomic E-state index is 0.235. The van der Waals surface area contributed by atoms with Crippen molar-refractivity contribution in [2.45, 2.75) is 66.8 Å². The van der Waals surface area contributed by atoms with E-state index in [1.165, 1.54) is 5.69 Å². The molecule has 0 aromatic heterocycles. The molecule has 0 fully saturated rings. The Kier molecular flexibility index (Phi) is 23.9. The van der Waals surface area contributed by atoms with E-state index < -0.39 is 0 Å². The zero-order valence-corrected chi connectivity index (χ0v) is 16.9. The maximum atomic E-state index is 8.00. The minimum Gasteiger partial charge on any atom is -0.373 e. The maximum Gasteiger partial charge on any atom is 0.106 e. The third-order valence-corrected chi connectivity index (χ3v) is 2.95. The van der Waals surface area contributed by atoms with Gasteiger partial charge < -0.3 is 15.4 Å². The van der Waals surface area contributed by atoms with Crippen molar-refractivity contribution in [2.24, 2.45) is 5.73 Å². The summed E-state index contributed by atoms with van der Waals surface area (Å²) in [5.74, 6) is 6.33. The van der Waals surface area contributed by atoms with Crippen molar-refractivity contribution < 1.29 is 4.79 Å². The molecule has 1 atom stereocenters. The number of carbonyl (C=O) groups excluding carboxylic acids is 1.